The van der Waals surface area contributed by atoms with Crippen LogP contribution in [0.15, 0.2) is 54.6 Å². The molecular formula is C22H23NO. The van der Waals surface area contributed by atoms with Crippen molar-refractivity contribution in [3.8, 4) is 5.75 Å². The molecule has 0 aliphatic heterocycles. The Balaban J connectivity index is 1.41. The van der Waals surface area contributed by atoms with E-state index in [1.807, 2.05) is 6.07 Å². The highest BCUT2D eigenvalue weighted by molar-refractivity contribution is 5.84. The number of hydrogen-bond donors (Lipinski definition) is 1. The van der Waals surface area contributed by atoms with Gasteiger partial charge >= 0.3 is 0 Å². The average molecular weight is 317 g/mol. The van der Waals surface area contributed by atoms with Gasteiger partial charge in [-0.1, -0.05) is 36.4 Å². The summed E-state index contributed by atoms with van der Waals surface area (Å²) in [5.74, 6) is 0.907. The SMILES string of the molecule is COc1ccc2cc(CNCc3ccc4c(c3)CCC4)ccc2c1. The molecule has 3 aromatic carbocycles. The molecule has 0 radical (unpaired) electrons. The molecule has 4 rings (SSSR count). The van der Waals surface area contributed by atoms with E-state index in [-0.39, 0.29) is 0 Å². The molecule has 1 aliphatic carbocycles. The molecule has 1 aliphatic rings. The van der Waals surface area contributed by atoms with Crippen LogP contribution in [0.4, 0.5) is 0 Å². The van der Waals surface area contributed by atoms with Gasteiger partial charge in [0.15, 0.2) is 0 Å². The zero-order valence-corrected chi connectivity index (χ0v) is 14.1. The van der Waals surface area contributed by atoms with Crippen LogP contribution in [0.3, 0.4) is 0 Å². The smallest absolute Gasteiger partial charge is 0.119 e. The van der Waals surface area contributed by atoms with Crippen LogP contribution in [-0.2, 0) is 25.9 Å². The molecule has 0 saturated carbocycles. The number of hydrogen-bond acceptors (Lipinski definition) is 2. The lowest BCUT2D eigenvalue weighted by Gasteiger charge is -2.09. The molecule has 1 N–H and O–H groups in total. The third-order valence-electron chi connectivity index (χ3n) is 4.93. The summed E-state index contributed by atoms with van der Waals surface area (Å²) in [5.41, 5.74) is 5.80. The monoisotopic (exact) mass is 317 g/mol. The predicted molar refractivity (Wildman–Crippen MR) is 99.5 cm³/mol. The molecule has 2 heteroatoms. The van der Waals surface area contributed by atoms with Crippen molar-refractivity contribution in [3.05, 3.63) is 76.9 Å². The number of rotatable bonds is 5. The summed E-state index contributed by atoms with van der Waals surface area (Å²) in [6, 6.07) is 19.8. The van der Waals surface area contributed by atoms with Crippen molar-refractivity contribution >= 4 is 10.8 Å². The Kier molecular flexibility index (Phi) is 4.22. The van der Waals surface area contributed by atoms with Crippen molar-refractivity contribution in [2.45, 2.75) is 32.4 Å². The quantitative estimate of drug-likeness (QED) is 0.741. The number of ether oxygens (including phenoxy) is 1. The van der Waals surface area contributed by atoms with E-state index < -0.39 is 0 Å². The summed E-state index contributed by atoms with van der Waals surface area (Å²) >= 11 is 0. The van der Waals surface area contributed by atoms with Gasteiger partial charge in [0.1, 0.15) is 5.75 Å². The Labute approximate surface area is 143 Å². The molecule has 3 aromatic rings. The van der Waals surface area contributed by atoms with Crippen molar-refractivity contribution in [2.24, 2.45) is 0 Å². The second-order valence-corrected chi connectivity index (χ2v) is 6.61. The molecular weight excluding hydrogens is 294 g/mol. The lowest BCUT2D eigenvalue weighted by atomic mass is 10.1. The Bertz CT molecular complexity index is 869. The van der Waals surface area contributed by atoms with Crippen molar-refractivity contribution in [3.63, 3.8) is 0 Å². The van der Waals surface area contributed by atoms with Gasteiger partial charge < -0.3 is 10.1 Å². The Morgan fingerprint density at radius 3 is 2.38 bits per heavy atom. The second-order valence-electron chi connectivity index (χ2n) is 6.61. The van der Waals surface area contributed by atoms with Gasteiger partial charge in [-0.15, -0.1) is 0 Å². The molecule has 24 heavy (non-hydrogen) atoms. The number of methoxy groups -OCH3 is 1. The first-order valence-electron chi connectivity index (χ1n) is 8.70. The molecule has 0 fully saturated rings. The van der Waals surface area contributed by atoms with Crippen LogP contribution in [-0.4, -0.2) is 7.11 Å². The minimum absolute atomic E-state index is 0.888. The van der Waals surface area contributed by atoms with Gasteiger partial charge in [-0.3, -0.25) is 0 Å². The van der Waals surface area contributed by atoms with Gasteiger partial charge in [0.05, 0.1) is 7.11 Å². The minimum atomic E-state index is 0.888. The standard InChI is InChI=1S/C22H23NO/c1-24-22-10-9-20-12-17(6-8-21(20)13-22)15-23-14-16-5-7-18-3-2-4-19(18)11-16/h5-13,23H,2-4,14-15H2,1H3. The van der Waals surface area contributed by atoms with Gasteiger partial charge in [-0.05, 0) is 70.5 Å². The summed E-state index contributed by atoms with van der Waals surface area (Å²) in [6.07, 6.45) is 3.82. The maximum atomic E-state index is 5.29. The third-order valence-corrected chi connectivity index (χ3v) is 4.93. The summed E-state index contributed by atoms with van der Waals surface area (Å²) in [6.45, 7) is 1.81. The van der Waals surface area contributed by atoms with Gasteiger partial charge in [0.2, 0.25) is 0 Å². The maximum absolute atomic E-state index is 5.29. The fraction of sp³-hybridized carbons (Fsp3) is 0.273. The fourth-order valence-corrected chi connectivity index (χ4v) is 3.60. The Morgan fingerprint density at radius 2 is 1.50 bits per heavy atom. The van der Waals surface area contributed by atoms with Gasteiger partial charge in [-0.2, -0.15) is 0 Å². The van der Waals surface area contributed by atoms with Gasteiger partial charge in [0, 0.05) is 13.1 Å². The number of fused-ring (bicyclic) bond motifs is 2. The van der Waals surface area contributed by atoms with E-state index in [0.717, 1.165) is 18.8 Å². The lowest BCUT2D eigenvalue weighted by molar-refractivity contribution is 0.415. The molecule has 2 nitrogen and oxygen atoms in total. The maximum Gasteiger partial charge on any atom is 0.119 e. The molecule has 0 saturated heterocycles. The average Bonchev–Trinajstić information content (AvgIpc) is 3.09. The third kappa shape index (κ3) is 3.15. The van der Waals surface area contributed by atoms with E-state index >= 15 is 0 Å². The molecule has 0 amide bonds. The molecule has 0 bridgehead atoms. The van der Waals surface area contributed by atoms with Gasteiger partial charge in [0.25, 0.3) is 0 Å². The second kappa shape index (κ2) is 6.66. The predicted octanol–water partition coefficient (Wildman–Crippen LogP) is 4.63. The Morgan fingerprint density at radius 1 is 0.792 bits per heavy atom. The van der Waals surface area contributed by atoms with Crippen molar-refractivity contribution in [1.29, 1.82) is 0 Å². The highest BCUT2D eigenvalue weighted by Gasteiger charge is 2.10. The zero-order chi connectivity index (χ0) is 16.4. The highest BCUT2D eigenvalue weighted by Crippen LogP contribution is 2.23. The van der Waals surface area contributed by atoms with E-state index in [0.29, 0.717) is 0 Å². The van der Waals surface area contributed by atoms with Crippen LogP contribution in [0.1, 0.15) is 28.7 Å². The number of benzene rings is 3. The van der Waals surface area contributed by atoms with E-state index in [1.54, 1.807) is 18.2 Å². The Hall–Kier alpha value is -2.32. The van der Waals surface area contributed by atoms with E-state index in [9.17, 15) is 0 Å². The molecule has 0 atom stereocenters. The van der Waals surface area contributed by atoms with Crippen LogP contribution in [0.2, 0.25) is 0 Å². The molecule has 0 aromatic heterocycles. The van der Waals surface area contributed by atoms with Crippen molar-refractivity contribution in [1.82, 2.24) is 5.32 Å². The molecule has 122 valence electrons. The van der Waals surface area contributed by atoms with E-state index in [4.69, 9.17) is 4.74 Å². The molecule has 0 spiro atoms. The van der Waals surface area contributed by atoms with E-state index in [2.05, 4.69) is 53.8 Å². The summed E-state index contributed by atoms with van der Waals surface area (Å²) in [5, 5.41) is 6.05. The van der Waals surface area contributed by atoms with Crippen LogP contribution in [0, 0.1) is 0 Å². The van der Waals surface area contributed by atoms with E-state index in [1.165, 1.54) is 41.2 Å². The molecule has 0 unspecified atom stereocenters. The number of nitrogens with one attached hydrogen (secondary N) is 1. The van der Waals surface area contributed by atoms with Crippen LogP contribution in [0.5, 0.6) is 5.75 Å². The van der Waals surface area contributed by atoms with Crippen LogP contribution < -0.4 is 10.1 Å². The fourth-order valence-electron chi connectivity index (χ4n) is 3.60. The van der Waals surface area contributed by atoms with Crippen molar-refractivity contribution in [2.75, 3.05) is 7.11 Å². The summed E-state index contributed by atoms with van der Waals surface area (Å²) in [7, 11) is 1.71. The normalized spacial score (nSPS) is 13.2. The molecule has 0 heterocycles. The summed E-state index contributed by atoms with van der Waals surface area (Å²) < 4.78 is 5.29. The first kappa shape index (κ1) is 15.2. The zero-order valence-electron chi connectivity index (χ0n) is 14.1. The van der Waals surface area contributed by atoms with Crippen LogP contribution >= 0.6 is 0 Å². The minimum Gasteiger partial charge on any atom is -0.497 e. The van der Waals surface area contributed by atoms with Crippen LogP contribution in [0.25, 0.3) is 10.8 Å². The summed E-state index contributed by atoms with van der Waals surface area (Å²) in [4.78, 5) is 0. The van der Waals surface area contributed by atoms with Gasteiger partial charge in [-0.25, -0.2) is 0 Å². The topological polar surface area (TPSA) is 21.3 Å². The largest absolute Gasteiger partial charge is 0.497 e. The highest BCUT2D eigenvalue weighted by atomic mass is 16.5. The first-order chi connectivity index (χ1) is 11.8. The lowest BCUT2D eigenvalue weighted by Crippen LogP contribution is -2.12. The first-order valence-corrected chi connectivity index (χ1v) is 8.70. The number of aryl methyl sites for hydroxylation is 2. The van der Waals surface area contributed by atoms with Crippen molar-refractivity contribution < 1.29 is 4.74 Å².